The molecule has 8 heteroatoms. The van der Waals surface area contributed by atoms with E-state index in [0.717, 1.165) is 16.5 Å². The molecule has 3 rings (SSSR count). The number of aryl methyl sites for hydroxylation is 1. The van der Waals surface area contributed by atoms with E-state index in [1.807, 2.05) is 41.1 Å². The van der Waals surface area contributed by atoms with Gasteiger partial charge in [-0.3, -0.25) is 9.69 Å². The van der Waals surface area contributed by atoms with Crippen LogP contribution in [0.15, 0.2) is 36.5 Å². The van der Waals surface area contributed by atoms with Gasteiger partial charge >= 0.3 is 0 Å². The fourth-order valence-electron chi connectivity index (χ4n) is 3.52. The first-order valence-corrected chi connectivity index (χ1v) is 11.8. The normalized spacial score (nSPS) is 15.8. The summed E-state index contributed by atoms with van der Waals surface area (Å²) in [4.78, 5) is 16.5. The van der Waals surface area contributed by atoms with Crippen LogP contribution >= 0.6 is 0 Å². The van der Waals surface area contributed by atoms with Crippen LogP contribution < -0.4 is 0 Å². The molecule has 0 aliphatic carbocycles. The molecule has 1 aromatic carbocycles. The van der Waals surface area contributed by atoms with Crippen molar-refractivity contribution in [2.75, 3.05) is 44.7 Å². The van der Waals surface area contributed by atoms with Crippen LogP contribution in [0, 0.1) is 11.3 Å². The molecule has 1 amide bonds. The van der Waals surface area contributed by atoms with E-state index in [0.29, 0.717) is 45.7 Å². The minimum Gasteiger partial charge on any atom is -0.346 e. The van der Waals surface area contributed by atoms with E-state index in [1.54, 1.807) is 11.0 Å². The average molecular weight is 415 g/mol. The molecule has 7 nitrogen and oxygen atoms in total. The molecule has 0 radical (unpaired) electrons. The Balaban J connectivity index is 1.62. The summed E-state index contributed by atoms with van der Waals surface area (Å²) in [6, 6.07) is 10.1. The number of aromatic nitrogens is 1. The molecule has 1 saturated heterocycles. The number of hydrogen-bond donors (Lipinski definition) is 0. The number of para-hydroxylation sites is 1. The number of carbonyl (C=O) groups excluding carboxylic acids is 1. The standard InChI is InChI=1S/C21H26N4O3S/c1-29(27,28)16-15-23-11-13-24(14-12-23)21(26)8-7-18-17-25(10-4-9-22)20-6-3-2-5-19(18)20/h2-3,5-8,17H,4,10-16H2,1H3. The Bertz CT molecular complexity index is 1040. The highest BCUT2D eigenvalue weighted by Crippen LogP contribution is 2.23. The lowest BCUT2D eigenvalue weighted by Gasteiger charge is -2.34. The predicted molar refractivity (Wildman–Crippen MR) is 114 cm³/mol. The Hall–Kier alpha value is -2.63. The molecular formula is C21H26N4O3S. The number of hydrogen-bond acceptors (Lipinski definition) is 5. The summed E-state index contributed by atoms with van der Waals surface area (Å²) in [6.45, 7) is 3.69. The van der Waals surface area contributed by atoms with Gasteiger partial charge in [0.2, 0.25) is 5.91 Å². The number of rotatable bonds is 7. The van der Waals surface area contributed by atoms with Crippen LogP contribution in [0.1, 0.15) is 12.0 Å². The monoisotopic (exact) mass is 414 g/mol. The second-order valence-corrected chi connectivity index (χ2v) is 9.59. The molecular weight excluding hydrogens is 388 g/mol. The topological polar surface area (TPSA) is 86.4 Å². The van der Waals surface area contributed by atoms with Crippen LogP contribution in [0.2, 0.25) is 0 Å². The summed E-state index contributed by atoms with van der Waals surface area (Å²) in [5, 5.41) is 9.91. The Kier molecular flexibility index (Phi) is 6.72. The minimum absolute atomic E-state index is 0.0402. The zero-order valence-corrected chi connectivity index (χ0v) is 17.4. The van der Waals surface area contributed by atoms with Gasteiger partial charge in [-0.2, -0.15) is 5.26 Å². The van der Waals surface area contributed by atoms with E-state index in [1.165, 1.54) is 6.26 Å². The van der Waals surface area contributed by atoms with Crippen molar-refractivity contribution in [3.05, 3.63) is 42.1 Å². The van der Waals surface area contributed by atoms with Crippen molar-refractivity contribution >= 4 is 32.7 Å². The number of amides is 1. The molecule has 1 fully saturated rings. The number of sulfone groups is 1. The van der Waals surface area contributed by atoms with Gasteiger partial charge in [-0.1, -0.05) is 18.2 Å². The number of piperazine rings is 1. The van der Waals surface area contributed by atoms with Crippen molar-refractivity contribution in [1.82, 2.24) is 14.4 Å². The Labute approximate surface area is 171 Å². The molecule has 0 unspecified atom stereocenters. The van der Waals surface area contributed by atoms with Gasteiger partial charge in [-0.15, -0.1) is 0 Å². The summed E-state index contributed by atoms with van der Waals surface area (Å²) < 4.78 is 24.6. The van der Waals surface area contributed by atoms with Crippen LogP contribution in [-0.4, -0.2) is 73.4 Å². The smallest absolute Gasteiger partial charge is 0.246 e. The van der Waals surface area contributed by atoms with E-state index < -0.39 is 9.84 Å². The van der Waals surface area contributed by atoms with Gasteiger partial charge in [-0.05, 0) is 12.1 Å². The fraction of sp³-hybridized carbons (Fsp3) is 0.429. The Morgan fingerprint density at radius 2 is 1.90 bits per heavy atom. The summed E-state index contributed by atoms with van der Waals surface area (Å²) in [5.41, 5.74) is 2.01. The van der Waals surface area contributed by atoms with Gasteiger partial charge in [0.15, 0.2) is 0 Å². The third-order valence-corrected chi connectivity index (χ3v) is 6.08. The first-order chi connectivity index (χ1) is 13.9. The van der Waals surface area contributed by atoms with Gasteiger partial charge in [0.1, 0.15) is 9.84 Å². The zero-order chi connectivity index (χ0) is 20.9. The number of carbonyl (C=O) groups is 1. The van der Waals surface area contributed by atoms with E-state index in [9.17, 15) is 13.2 Å². The van der Waals surface area contributed by atoms with Crippen molar-refractivity contribution in [3.63, 3.8) is 0 Å². The number of fused-ring (bicyclic) bond motifs is 1. The van der Waals surface area contributed by atoms with Crippen LogP contribution in [0.5, 0.6) is 0 Å². The SMILES string of the molecule is CS(=O)(=O)CCN1CCN(C(=O)C=Cc2cn(CCC#N)c3ccccc23)CC1. The molecule has 2 heterocycles. The van der Waals surface area contributed by atoms with Crippen molar-refractivity contribution in [3.8, 4) is 6.07 Å². The van der Waals surface area contributed by atoms with E-state index in [-0.39, 0.29) is 11.7 Å². The molecule has 29 heavy (non-hydrogen) atoms. The molecule has 0 saturated carbocycles. The van der Waals surface area contributed by atoms with Crippen molar-refractivity contribution < 1.29 is 13.2 Å². The number of nitriles is 1. The highest BCUT2D eigenvalue weighted by Gasteiger charge is 2.20. The maximum atomic E-state index is 12.6. The molecule has 154 valence electrons. The zero-order valence-electron chi connectivity index (χ0n) is 16.6. The van der Waals surface area contributed by atoms with E-state index in [4.69, 9.17) is 5.26 Å². The summed E-state index contributed by atoms with van der Waals surface area (Å²) in [5.74, 6) is 0.109. The quantitative estimate of drug-likeness (QED) is 0.645. The second-order valence-electron chi connectivity index (χ2n) is 7.33. The third-order valence-electron chi connectivity index (χ3n) is 5.15. The highest BCUT2D eigenvalue weighted by atomic mass is 32.2. The molecule has 0 bridgehead atoms. The number of nitrogens with zero attached hydrogens (tertiary/aromatic N) is 4. The van der Waals surface area contributed by atoms with Crippen molar-refractivity contribution in [1.29, 1.82) is 5.26 Å². The van der Waals surface area contributed by atoms with Crippen LogP contribution in [0.4, 0.5) is 0 Å². The lowest BCUT2D eigenvalue weighted by molar-refractivity contribution is -0.127. The lowest BCUT2D eigenvalue weighted by Crippen LogP contribution is -2.49. The molecule has 2 aromatic rings. The molecule has 1 aromatic heterocycles. The van der Waals surface area contributed by atoms with E-state index >= 15 is 0 Å². The van der Waals surface area contributed by atoms with Crippen LogP contribution in [0.25, 0.3) is 17.0 Å². The molecule has 0 atom stereocenters. The molecule has 1 aliphatic rings. The van der Waals surface area contributed by atoms with Gasteiger partial charge < -0.3 is 9.47 Å². The van der Waals surface area contributed by atoms with Gasteiger partial charge in [0, 0.05) is 74.3 Å². The molecule has 0 N–H and O–H groups in total. The van der Waals surface area contributed by atoms with Gasteiger partial charge in [-0.25, -0.2) is 8.42 Å². The number of benzene rings is 1. The van der Waals surface area contributed by atoms with Gasteiger partial charge in [0.25, 0.3) is 0 Å². The summed E-state index contributed by atoms with van der Waals surface area (Å²) in [7, 11) is -2.97. The van der Waals surface area contributed by atoms with Gasteiger partial charge in [0.05, 0.1) is 18.2 Å². The van der Waals surface area contributed by atoms with Crippen molar-refractivity contribution in [2.45, 2.75) is 13.0 Å². The van der Waals surface area contributed by atoms with E-state index in [2.05, 4.69) is 11.0 Å². The lowest BCUT2D eigenvalue weighted by atomic mass is 10.1. The fourth-order valence-corrected chi connectivity index (χ4v) is 4.11. The largest absolute Gasteiger partial charge is 0.346 e. The summed E-state index contributed by atoms with van der Waals surface area (Å²) >= 11 is 0. The maximum Gasteiger partial charge on any atom is 0.246 e. The summed E-state index contributed by atoms with van der Waals surface area (Å²) in [6.07, 6.45) is 7.10. The Morgan fingerprint density at radius 3 is 2.59 bits per heavy atom. The third kappa shape index (κ3) is 5.68. The van der Waals surface area contributed by atoms with Crippen molar-refractivity contribution in [2.24, 2.45) is 0 Å². The maximum absolute atomic E-state index is 12.6. The second kappa shape index (κ2) is 9.25. The average Bonchev–Trinajstić information content (AvgIpc) is 3.06. The minimum atomic E-state index is -2.97. The molecule has 0 spiro atoms. The first-order valence-electron chi connectivity index (χ1n) is 9.69. The van der Waals surface area contributed by atoms with Crippen LogP contribution in [-0.2, 0) is 21.2 Å². The predicted octanol–water partition coefficient (Wildman–Crippen LogP) is 1.76. The highest BCUT2D eigenvalue weighted by molar-refractivity contribution is 7.90. The molecule has 1 aliphatic heterocycles. The first kappa shape index (κ1) is 21.1. The Morgan fingerprint density at radius 1 is 1.17 bits per heavy atom. The van der Waals surface area contributed by atoms with Crippen LogP contribution in [0.3, 0.4) is 0 Å².